The van der Waals surface area contributed by atoms with Gasteiger partial charge in [-0.15, -0.1) is 0 Å². The number of rotatable bonds is 10. The molecule has 3 amide bonds. The van der Waals surface area contributed by atoms with Crippen LogP contribution >= 0.6 is 22.6 Å². The first kappa shape index (κ1) is 35.3. The molecule has 1 unspecified atom stereocenters. The summed E-state index contributed by atoms with van der Waals surface area (Å²) in [5.41, 5.74) is -6.90. The van der Waals surface area contributed by atoms with Gasteiger partial charge in [0.05, 0.1) is 12.6 Å². The van der Waals surface area contributed by atoms with Gasteiger partial charge in [0.25, 0.3) is 11.5 Å². The Balaban J connectivity index is 1.60. The van der Waals surface area contributed by atoms with Gasteiger partial charge < -0.3 is 19.9 Å². The van der Waals surface area contributed by atoms with Crippen molar-refractivity contribution in [2.75, 3.05) is 0 Å². The fourth-order valence-electron chi connectivity index (χ4n) is 4.95. The van der Waals surface area contributed by atoms with E-state index >= 15 is 0 Å². The summed E-state index contributed by atoms with van der Waals surface area (Å²) >= 11 is 1.95. The maximum atomic E-state index is 13.5. The van der Waals surface area contributed by atoms with Crippen molar-refractivity contribution >= 4 is 34.5 Å². The van der Waals surface area contributed by atoms with Crippen LogP contribution in [0.2, 0.25) is 0 Å². The molecule has 2 N–H and O–H groups in total. The molecule has 0 aliphatic carbocycles. The molecular weight excluding hydrogens is 735 g/mol. The Kier molecular flexibility index (Phi) is 9.88. The number of pyridine rings is 1. The second kappa shape index (κ2) is 12.9. The first-order valence-corrected chi connectivity index (χ1v) is 15.1. The van der Waals surface area contributed by atoms with E-state index < -0.39 is 41.0 Å². The summed E-state index contributed by atoms with van der Waals surface area (Å²) in [6.07, 6.45) is -10.4. The van der Waals surface area contributed by atoms with Gasteiger partial charge in [-0.05, 0) is 90.7 Å². The third kappa shape index (κ3) is 6.75. The molecule has 2 aromatic carbocycles. The lowest BCUT2D eigenvalue weighted by atomic mass is 9.90. The molecule has 46 heavy (non-hydrogen) atoms. The number of nitrogens with zero attached hydrogens (tertiary/aromatic N) is 2. The van der Waals surface area contributed by atoms with E-state index in [0.717, 1.165) is 11.0 Å². The minimum absolute atomic E-state index is 0.0245. The standard InChI is InChI=1S/C31H30F6IN3O5/c1-5-6-18-13-21(29(44,30(32,33)34)31(35,36)37)9-12-24(18)46-25-14-19(23(38)15-39-25)16-41-26(42)28(4,40-27(41)43)20-7-10-22(11-8-20)45-17(2)3/h7-15,17,44H,5-6,16H2,1-4H3,(H,40,43). The van der Waals surface area contributed by atoms with E-state index in [4.69, 9.17) is 9.47 Å². The van der Waals surface area contributed by atoms with E-state index in [9.17, 15) is 41.0 Å². The van der Waals surface area contributed by atoms with Crippen molar-refractivity contribution in [3.8, 4) is 17.4 Å². The van der Waals surface area contributed by atoms with E-state index in [0.29, 0.717) is 39.0 Å². The molecule has 15 heteroatoms. The summed E-state index contributed by atoms with van der Waals surface area (Å²) in [6, 6.07) is 9.56. The zero-order valence-corrected chi connectivity index (χ0v) is 27.2. The summed E-state index contributed by atoms with van der Waals surface area (Å²) in [5, 5.41) is 12.6. The largest absolute Gasteiger partial charge is 0.491 e. The van der Waals surface area contributed by atoms with Gasteiger partial charge in [0.15, 0.2) is 0 Å². The molecule has 248 valence electrons. The van der Waals surface area contributed by atoms with Gasteiger partial charge in [-0.1, -0.05) is 31.5 Å². The normalized spacial score (nSPS) is 17.5. The predicted molar refractivity (Wildman–Crippen MR) is 162 cm³/mol. The quantitative estimate of drug-likeness (QED) is 0.126. The van der Waals surface area contributed by atoms with Crippen LogP contribution in [0.5, 0.6) is 17.4 Å². The number of urea groups is 1. The summed E-state index contributed by atoms with van der Waals surface area (Å²) in [7, 11) is 0. The lowest BCUT2D eigenvalue weighted by molar-refractivity contribution is -0.376. The highest BCUT2D eigenvalue weighted by Crippen LogP contribution is 2.50. The van der Waals surface area contributed by atoms with E-state index in [1.165, 1.54) is 12.3 Å². The Labute approximate surface area is 274 Å². The van der Waals surface area contributed by atoms with Gasteiger partial charge in [-0.2, -0.15) is 26.3 Å². The number of aliphatic hydroxyl groups is 1. The molecule has 0 bridgehead atoms. The number of amides is 3. The smallest absolute Gasteiger partial charge is 0.430 e. The van der Waals surface area contributed by atoms with Crippen molar-refractivity contribution in [1.82, 2.24) is 15.2 Å². The van der Waals surface area contributed by atoms with E-state index in [1.807, 2.05) is 36.4 Å². The molecule has 4 rings (SSSR count). The van der Waals surface area contributed by atoms with Crippen LogP contribution in [0.1, 0.15) is 56.4 Å². The van der Waals surface area contributed by atoms with Crippen molar-refractivity contribution in [3.05, 3.63) is 80.6 Å². The highest BCUT2D eigenvalue weighted by molar-refractivity contribution is 14.1. The number of hydrogen-bond donors (Lipinski definition) is 2. The van der Waals surface area contributed by atoms with Crippen LogP contribution < -0.4 is 14.8 Å². The number of aryl methyl sites for hydroxylation is 1. The van der Waals surface area contributed by atoms with E-state index in [1.54, 1.807) is 38.1 Å². The zero-order chi connectivity index (χ0) is 34.2. The maximum absolute atomic E-state index is 13.5. The molecule has 2 heterocycles. The molecular formula is C31H30F6IN3O5. The first-order valence-electron chi connectivity index (χ1n) is 14.0. The van der Waals surface area contributed by atoms with Gasteiger partial charge in [0.2, 0.25) is 5.88 Å². The molecule has 1 atom stereocenters. The first-order chi connectivity index (χ1) is 21.3. The molecule has 3 aromatic rings. The van der Waals surface area contributed by atoms with Gasteiger partial charge >= 0.3 is 18.4 Å². The molecule has 1 fully saturated rings. The van der Waals surface area contributed by atoms with Crippen LogP contribution in [0.15, 0.2) is 54.7 Å². The Bertz CT molecular complexity index is 1600. The van der Waals surface area contributed by atoms with Gasteiger partial charge in [-0.3, -0.25) is 9.69 Å². The van der Waals surface area contributed by atoms with Crippen LogP contribution in [0.4, 0.5) is 31.1 Å². The summed E-state index contributed by atoms with van der Waals surface area (Å²) in [4.78, 5) is 31.7. The van der Waals surface area contributed by atoms with Crippen molar-refractivity contribution < 1.29 is 50.5 Å². The highest BCUT2D eigenvalue weighted by Gasteiger charge is 2.71. The van der Waals surface area contributed by atoms with Crippen LogP contribution in [0.3, 0.4) is 0 Å². The highest BCUT2D eigenvalue weighted by atomic mass is 127. The Morgan fingerprint density at radius 1 is 1.00 bits per heavy atom. The Hall–Kier alpha value is -3.60. The van der Waals surface area contributed by atoms with Crippen molar-refractivity contribution in [3.63, 3.8) is 0 Å². The number of aromatic nitrogens is 1. The molecule has 0 radical (unpaired) electrons. The molecule has 8 nitrogen and oxygen atoms in total. The van der Waals surface area contributed by atoms with E-state index in [2.05, 4.69) is 10.3 Å². The number of imide groups is 1. The average Bonchev–Trinajstić information content (AvgIpc) is 3.17. The maximum Gasteiger partial charge on any atom is 0.430 e. The summed E-state index contributed by atoms with van der Waals surface area (Å²) in [5.74, 6) is -0.0851. The number of nitrogens with one attached hydrogen (secondary N) is 1. The number of benzene rings is 2. The zero-order valence-electron chi connectivity index (χ0n) is 25.0. The number of alkyl halides is 6. The number of carbonyl (C=O) groups excluding carboxylic acids is 2. The van der Waals surface area contributed by atoms with Gasteiger partial charge in [-0.25, -0.2) is 9.78 Å². The molecule has 0 spiro atoms. The molecule has 1 aliphatic rings. The minimum Gasteiger partial charge on any atom is -0.491 e. The van der Waals surface area contributed by atoms with Crippen molar-refractivity contribution in [1.29, 1.82) is 0 Å². The summed E-state index contributed by atoms with van der Waals surface area (Å²) in [6.45, 7) is 6.81. The number of halogens is 7. The predicted octanol–water partition coefficient (Wildman–Crippen LogP) is 7.50. The third-order valence-electron chi connectivity index (χ3n) is 7.35. The van der Waals surface area contributed by atoms with Crippen LogP contribution in [0.25, 0.3) is 0 Å². The van der Waals surface area contributed by atoms with Crippen molar-refractivity contribution in [2.24, 2.45) is 0 Å². The second-order valence-corrected chi connectivity index (χ2v) is 12.3. The number of hydrogen-bond acceptors (Lipinski definition) is 6. The molecule has 1 saturated heterocycles. The minimum atomic E-state index is -6.04. The molecule has 1 aromatic heterocycles. The molecule has 0 saturated carbocycles. The number of ether oxygens (including phenoxy) is 2. The Morgan fingerprint density at radius 2 is 1.63 bits per heavy atom. The van der Waals surface area contributed by atoms with Crippen LogP contribution in [-0.4, -0.2) is 45.4 Å². The van der Waals surface area contributed by atoms with Gasteiger partial charge in [0, 0.05) is 21.4 Å². The van der Waals surface area contributed by atoms with E-state index in [-0.39, 0.29) is 36.3 Å². The summed E-state index contributed by atoms with van der Waals surface area (Å²) < 4.78 is 92.9. The SMILES string of the molecule is CCCc1cc(C(O)(C(F)(F)F)C(F)(F)F)ccc1Oc1cc(CN2C(=O)NC(C)(c3ccc(OC(C)C)cc3)C2=O)c(I)cn1. The third-order valence-corrected chi connectivity index (χ3v) is 8.32. The monoisotopic (exact) mass is 765 g/mol. The van der Waals surface area contributed by atoms with Crippen LogP contribution in [0, 0.1) is 3.57 Å². The fraction of sp³-hybridized carbons (Fsp3) is 0.387. The Morgan fingerprint density at radius 3 is 2.20 bits per heavy atom. The molecule has 1 aliphatic heterocycles. The number of carbonyl (C=O) groups is 2. The second-order valence-electron chi connectivity index (χ2n) is 11.1. The lowest BCUT2D eigenvalue weighted by Gasteiger charge is -2.33. The lowest BCUT2D eigenvalue weighted by Crippen LogP contribution is -2.53. The topological polar surface area (TPSA) is 101 Å². The van der Waals surface area contributed by atoms with Gasteiger partial charge in [0.1, 0.15) is 17.0 Å². The van der Waals surface area contributed by atoms with Crippen LogP contribution in [-0.2, 0) is 28.9 Å². The fourth-order valence-corrected chi connectivity index (χ4v) is 5.42. The van der Waals surface area contributed by atoms with Crippen molar-refractivity contribution in [2.45, 2.75) is 76.7 Å². The average molecular weight is 765 g/mol.